The van der Waals surface area contributed by atoms with E-state index in [9.17, 15) is 12.8 Å². The van der Waals surface area contributed by atoms with Crippen molar-refractivity contribution in [1.29, 1.82) is 0 Å². The van der Waals surface area contributed by atoms with Gasteiger partial charge in [-0.3, -0.25) is 0 Å². The van der Waals surface area contributed by atoms with Crippen LogP contribution in [0, 0.1) is 19.7 Å². The zero-order valence-corrected chi connectivity index (χ0v) is 17.4. The second-order valence-corrected chi connectivity index (χ2v) is 9.29. The van der Waals surface area contributed by atoms with Crippen molar-refractivity contribution in [3.05, 3.63) is 88.7 Å². The summed E-state index contributed by atoms with van der Waals surface area (Å²) in [7, 11) is -3.87. The number of pyridine rings is 1. The van der Waals surface area contributed by atoms with Gasteiger partial charge in [0, 0.05) is 22.0 Å². The van der Waals surface area contributed by atoms with Crippen molar-refractivity contribution in [3.63, 3.8) is 0 Å². The molecular weight excluding hydrogens is 409 g/mol. The van der Waals surface area contributed by atoms with Crippen molar-refractivity contribution >= 4 is 32.3 Å². The molecule has 0 fully saturated rings. The summed E-state index contributed by atoms with van der Waals surface area (Å²) < 4.78 is 40.8. The Kier molecular flexibility index (Phi) is 4.89. The lowest BCUT2D eigenvalue weighted by molar-refractivity contribution is 0.596. The summed E-state index contributed by atoms with van der Waals surface area (Å²) >= 11 is 6.12. The van der Waals surface area contributed by atoms with Gasteiger partial charge in [0.25, 0.3) is 0 Å². The predicted octanol–water partition coefficient (Wildman–Crippen LogP) is 6.14. The highest BCUT2D eigenvalue weighted by molar-refractivity contribution is 7.91. The fraction of sp³-hybridized carbons (Fsp3) is 0.0870. The molecule has 0 aliphatic carbocycles. The Hall–Kier alpha value is -2.76. The molecule has 0 saturated carbocycles. The summed E-state index contributed by atoms with van der Waals surface area (Å²) in [5, 5.41) is 0.998. The second kappa shape index (κ2) is 7.25. The van der Waals surface area contributed by atoms with Crippen LogP contribution in [-0.4, -0.2) is 13.4 Å². The molecule has 0 aliphatic heterocycles. The SMILES string of the molecule is Cc1ccc(S(=O)(=O)c2cc3ccc(F)cc3nc2-c2cccc(Cl)c2)cc1C. The minimum absolute atomic E-state index is 0.0575. The third-order valence-electron chi connectivity index (χ3n) is 4.92. The number of nitrogens with zero attached hydrogens (tertiary/aromatic N) is 1. The third-order valence-corrected chi connectivity index (χ3v) is 6.92. The Morgan fingerprint density at radius 3 is 2.41 bits per heavy atom. The van der Waals surface area contributed by atoms with Crippen molar-refractivity contribution in [1.82, 2.24) is 4.98 Å². The van der Waals surface area contributed by atoms with Gasteiger partial charge < -0.3 is 0 Å². The van der Waals surface area contributed by atoms with Crippen LogP contribution in [0.3, 0.4) is 0 Å². The highest BCUT2D eigenvalue weighted by atomic mass is 35.5. The molecule has 4 aromatic rings. The Bertz CT molecular complexity index is 1370. The van der Waals surface area contributed by atoms with E-state index in [1.165, 1.54) is 18.2 Å². The minimum Gasteiger partial charge on any atom is -0.246 e. The molecule has 4 rings (SSSR count). The molecule has 29 heavy (non-hydrogen) atoms. The minimum atomic E-state index is -3.87. The highest BCUT2D eigenvalue weighted by Crippen LogP contribution is 2.34. The van der Waals surface area contributed by atoms with Crippen LogP contribution < -0.4 is 0 Å². The van der Waals surface area contributed by atoms with E-state index in [4.69, 9.17) is 11.6 Å². The molecule has 0 aliphatic rings. The first kappa shape index (κ1) is 19.6. The van der Waals surface area contributed by atoms with Crippen molar-refractivity contribution in [3.8, 4) is 11.3 Å². The molecule has 6 heteroatoms. The molecule has 0 spiro atoms. The third kappa shape index (κ3) is 3.63. The van der Waals surface area contributed by atoms with Crippen LogP contribution in [0.2, 0.25) is 5.02 Å². The number of hydrogen-bond acceptors (Lipinski definition) is 3. The Balaban J connectivity index is 2.05. The quantitative estimate of drug-likeness (QED) is 0.396. The summed E-state index contributed by atoms with van der Waals surface area (Å²) in [5.74, 6) is -0.438. The summed E-state index contributed by atoms with van der Waals surface area (Å²) in [6.45, 7) is 3.79. The second-order valence-electron chi connectivity index (χ2n) is 6.93. The molecule has 0 amide bonds. The Labute approximate surface area is 173 Å². The van der Waals surface area contributed by atoms with Crippen LogP contribution in [0.1, 0.15) is 11.1 Å². The lowest BCUT2D eigenvalue weighted by Gasteiger charge is -2.13. The molecule has 3 aromatic carbocycles. The molecule has 0 bridgehead atoms. The molecular formula is C23H17ClFNO2S. The van der Waals surface area contributed by atoms with Gasteiger partial charge in [0.1, 0.15) is 5.82 Å². The topological polar surface area (TPSA) is 47.0 Å². The molecule has 1 heterocycles. The van der Waals surface area contributed by atoms with Crippen LogP contribution in [-0.2, 0) is 9.84 Å². The zero-order chi connectivity index (χ0) is 20.8. The lowest BCUT2D eigenvalue weighted by atomic mass is 10.1. The first-order valence-corrected chi connectivity index (χ1v) is 10.8. The fourth-order valence-electron chi connectivity index (χ4n) is 3.18. The van der Waals surface area contributed by atoms with Gasteiger partial charge in [-0.25, -0.2) is 17.8 Å². The first-order valence-electron chi connectivity index (χ1n) is 8.94. The Morgan fingerprint density at radius 1 is 0.897 bits per heavy atom. The van der Waals surface area contributed by atoms with Crippen LogP contribution in [0.4, 0.5) is 4.39 Å². The maximum Gasteiger partial charge on any atom is 0.208 e. The van der Waals surface area contributed by atoms with Gasteiger partial charge in [0.2, 0.25) is 9.84 Å². The van der Waals surface area contributed by atoms with Crippen LogP contribution in [0.5, 0.6) is 0 Å². The van der Waals surface area contributed by atoms with E-state index in [1.807, 2.05) is 13.8 Å². The van der Waals surface area contributed by atoms with Crippen molar-refractivity contribution in [2.24, 2.45) is 0 Å². The number of aromatic nitrogens is 1. The number of hydrogen-bond donors (Lipinski definition) is 0. The number of benzene rings is 3. The first-order chi connectivity index (χ1) is 13.8. The molecule has 146 valence electrons. The number of sulfone groups is 1. The molecule has 0 unspecified atom stereocenters. The van der Waals surface area contributed by atoms with Crippen LogP contribution in [0.15, 0.2) is 76.5 Å². The molecule has 0 N–H and O–H groups in total. The van der Waals surface area contributed by atoms with Crippen molar-refractivity contribution < 1.29 is 12.8 Å². The van der Waals surface area contributed by atoms with Gasteiger partial charge in [-0.05, 0) is 67.4 Å². The largest absolute Gasteiger partial charge is 0.246 e. The van der Waals surface area contributed by atoms with E-state index in [-0.39, 0.29) is 15.5 Å². The van der Waals surface area contributed by atoms with E-state index < -0.39 is 15.7 Å². The van der Waals surface area contributed by atoms with Gasteiger partial charge in [0.05, 0.1) is 21.0 Å². The highest BCUT2D eigenvalue weighted by Gasteiger charge is 2.25. The standard InChI is InChI=1S/C23H17ClFNO2S/c1-14-6-9-20(10-15(14)2)29(27,28)22-12-16-7-8-19(25)13-21(16)26-23(22)17-4-3-5-18(24)11-17/h3-13H,1-2H3. The summed E-state index contributed by atoms with van der Waals surface area (Å²) in [6.07, 6.45) is 0. The number of aryl methyl sites for hydroxylation is 2. The summed E-state index contributed by atoms with van der Waals surface area (Å²) in [6, 6.07) is 17.5. The van der Waals surface area contributed by atoms with Gasteiger partial charge in [-0.2, -0.15) is 0 Å². The molecule has 3 nitrogen and oxygen atoms in total. The normalized spacial score (nSPS) is 11.7. The smallest absolute Gasteiger partial charge is 0.208 e. The average Bonchev–Trinajstić information content (AvgIpc) is 2.69. The molecule has 0 radical (unpaired) electrons. The van der Waals surface area contributed by atoms with Crippen LogP contribution in [0.25, 0.3) is 22.2 Å². The number of rotatable bonds is 3. The van der Waals surface area contributed by atoms with Gasteiger partial charge >= 0.3 is 0 Å². The van der Waals surface area contributed by atoms with E-state index in [1.54, 1.807) is 48.5 Å². The summed E-state index contributed by atoms with van der Waals surface area (Å²) in [5.41, 5.74) is 3.05. The maximum atomic E-state index is 13.7. The monoisotopic (exact) mass is 425 g/mol. The average molecular weight is 426 g/mol. The van der Waals surface area contributed by atoms with E-state index in [0.29, 0.717) is 21.5 Å². The van der Waals surface area contributed by atoms with E-state index >= 15 is 0 Å². The van der Waals surface area contributed by atoms with Crippen molar-refractivity contribution in [2.45, 2.75) is 23.6 Å². The predicted molar refractivity (Wildman–Crippen MR) is 114 cm³/mol. The Morgan fingerprint density at radius 2 is 1.69 bits per heavy atom. The number of fused-ring (bicyclic) bond motifs is 1. The molecule has 0 atom stereocenters. The van der Waals surface area contributed by atoms with Gasteiger partial charge in [-0.15, -0.1) is 0 Å². The van der Waals surface area contributed by atoms with Crippen molar-refractivity contribution in [2.75, 3.05) is 0 Å². The number of halogens is 2. The van der Waals surface area contributed by atoms with Gasteiger partial charge in [-0.1, -0.05) is 29.8 Å². The molecule has 1 aromatic heterocycles. The van der Waals surface area contributed by atoms with E-state index in [0.717, 1.165) is 11.1 Å². The lowest BCUT2D eigenvalue weighted by Crippen LogP contribution is -2.06. The van der Waals surface area contributed by atoms with Gasteiger partial charge in [0.15, 0.2) is 0 Å². The van der Waals surface area contributed by atoms with E-state index in [2.05, 4.69) is 4.98 Å². The summed E-state index contributed by atoms with van der Waals surface area (Å²) in [4.78, 5) is 4.75. The fourth-order valence-corrected chi connectivity index (χ4v) is 4.90. The maximum absolute atomic E-state index is 13.7. The van der Waals surface area contributed by atoms with Crippen LogP contribution >= 0.6 is 11.6 Å². The molecule has 0 saturated heterocycles. The zero-order valence-electron chi connectivity index (χ0n) is 15.8.